The predicted molar refractivity (Wildman–Crippen MR) is 116 cm³/mol. The fourth-order valence-electron chi connectivity index (χ4n) is 4.52. The van der Waals surface area contributed by atoms with Crippen LogP contribution in [0.2, 0.25) is 0 Å². The molecule has 5 nitrogen and oxygen atoms in total. The normalized spacial score (nSPS) is 15.6. The van der Waals surface area contributed by atoms with E-state index < -0.39 is 11.7 Å². The Labute approximate surface area is 172 Å². The Morgan fingerprint density at radius 2 is 1.93 bits per heavy atom. The van der Waals surface area contributed by atoms with Gasteiger partial charge in [0, 0.05) is 23.7 Å². The Balaban J connectivity index is 1.77. The van der Waals surface area contributed by atoms with E-state index in [9.17, 15) is 4.79 Å². The Hall–Kier alpha value is -2.69. The molecule has 5 heteroatoms. The highest BCUT2D eigenvalue weighted by Crippen LogP contribution is 2.44. The zero-order valence-electron chi connectivity index (χ0n) is 17.7. The fraction of sp³-hybridized carbons (Fsp3) is 0.458. The van der Waals surface area contributed by atoms with Gasteiger partial charge in [-0.2, -0.15) is 0 Å². The second-order valence-corrected chi connectivity index (χ2v) is 9.03. The molecule has 0 bridgehead atoms. The van der Waals surface area contributed by atoms with Gasteiger partial charge in [-0.15, -0.1) is 0 Å². The maximum Gasteiger partial charge on any atom is 0.412 e. The summed E-state index contributed by atoms with van der Waals surface area (Å²) in [5.41, 5.74) is 5.05. The summed E-state index contributed by atoms with van der Waals surface area (Å²) >= 11 is 0. The van der Waals surface area contributed by atoms with Crippen LogP contribution >= 0.6 is 0 Å². The summed E-state index contributed by atoms with van der Waals surface area (Å²) in [6, 6.07) is 8.17. The highest BCUT2D eigenvalue weighted by atomic mass is 16.6. The Kier molecular flexibility index (Phi) is 5.15. The largest absolute Gasteiger partial charge is 0.472 e. The molecule has 1 aliphatic rings. The van der Waals surface area contributed by atoms with Crippen LogP contribution in [0.25, 0.3) is 22.2 Å². The van der Waals surface area contributed by atoms with E-state index in [-0.39, 0.29) is 0 Å². The van der Waals surface area contributed by atoms with Gasteiger partial charge in [0.2, 0.25) is 0 Å². The van der Waals surface area contributed by atoms with Gasteiger partial charge in [-0.05, 0) is 63.3 Å². The number of amides is 1. The van der Waals surface area contributed by atoms with Crippen molar-refractivity contribution in [1.82, 2.24) is 4.57 Å². The van der Waals surface area contributed by atoms with Crippen molar-refractivity contribution in [3.8, 4) is 11.3 Å². The van der Waals surface area contributed by atoms with Gasteiger partial charge in [-0.3, -0.25) is 5.32 Å². The summed E-state index contributed by atoms with van der Waals surface area (Å²) < 4.78 is 13.0. The number of anilines is 1. The molecule has 2 heterocycles. The Morgan fingerprint density at radius 3 is 2.59 bits per heavy atom. The van der Waals surface area contributed by atoms with Crippen molar-refractivity contribution in [3.63, 3.8) is 0 Å². The highest BCUT2D eigenvalue weighted by Gasteiger charge is 2.26. The van der Waals surface area contributed by atoms with Gasteiger partial charge < -0.3 is 13.7 Å². The van der Waals surface area contributed by atoms with Crippen molar-refractivity contribution in [2.24, 2.45) is 7.05 Å². The zero-order valence-corrected chi connectivity index (χ0v) is 17.7. The van der Waals surface area contributed by atoms with Crippen molar-refractivity contribution < 1.29 is 13.9 Å². The van der Waals surface area contributed by atoms with Crippen LogP contribution in [0.3, 0.4) is 0 Å². The molecule has 2 aromatic heterocycles. The molecular formula is C24H30N2O3. The van der Waals surface area contributed by atoms with Crippen LogP contribution in [0.5, 0.6) is 0 Å². The van der Waals surface area contributed by atoms with Crippen molar-refractivity contribution in [2.45, 2.75) is 64.4 Å². The van der Waals surface area contributed by atoms with Gasteiger partial charge >= 0.3 is 6.09 Å². The molecule has 1 N–H and O–H groups in total. The third-order valence-electron chi connectivity index (χ3n) is 5.69. The predicted octanol–water partition coefficient (Wildman–Crippen LogP) is 6.83. The molecule has 1 saturated carbocycles. The monoisotopic (exact) mass is 394 g/mol. The minimum absolute atomic E-state index is 0.436. The molecule has 4 rings (SSSR count). The Morgan fingerprint density at radius 1 is 1.17 bits per heavy atom. The molecule has 1 aliphatic carbocycles. The minimum atomic E-state index is -0.526. The molecule has 1 fully saturated rings. The van der Waals surface area contributed by atoms with Gasteiger partial charge in [-0.25, -0.2) is 4.79 Å². The summed E-state index contributed by atoms with van der Waals surface area (Å²) in [5.74, 6) is 0.557. The van der Waals surface area contributed by atoms with Gasteiger partial charge in [-0.1, -0.05) is 25.3 Å². The van der Waals surface area contributed by atoms with Gasteiger partial charge in [0.05, 0.1) is 23.7 Å². The third-order valence-corrected chi connectivity index (χ3v) is 5.69. The molecule has 0 aliphatic heterocycles. The minimum Gasteiger partial charge on any atom is -0.472 e. The average Bonchev–Trinajstić information content (AvgIpc) is 3.27. The van der Waals surface area contributed by atoms with E-state index in [4.69, 9.17) is 9.15 Å². The summed E-state index contributed by atoms with van der Waals surface area (Å²) in [6.45, 7) is 5.59. The number of furan rings is 1. The quantitative estimate of drug-likeness (QED) is 0.529. The SMILES string of the molecule is Cn1c(-c2ccoc2)c(C2CCCCC2)c2ccc(NC(=O)OC(C)(C)C)cc21. The van der Waals surface area contributed by atoms with Crippen molar-refractivity contribution in [1.29, 1.82) is 0 Å². The first kappa shape index (κ1) is 19.6. The number of carbonyl (C=O) groups is 1. The van der Waals surface area contributed by atoms with E-state index in [0.717, 1.165) is 16.8 Å². The number of aromatic nitrogens is 1. The summed E-state index contributed by atoms with van der Waals surface area (Å²) in [4.78, 5) is 12.2. The van der Waals surface area contributed by atoms with E-state index in [1.54, 1.807) is 6.26 Å². The average molecular weight is 395 g/mol. The maximum atomic E-state index is 12.2. The van der Waals surface area contributed by atoms with E-state index in [1.165, 1.54) is 48.7 Å². The second kappa shape index (κ2) is 7.62. The molecule has 0 radical (unpaired) electrons. The number of fused-ring (bicyclic) bond motifs is 1. The van der Waals surface area contributed by atoms with E-state index >= 15 is 0 Å². The van der Waals surface area contributed by atoms with Gasteiger partial charge in [0.1, 0.15) is 5.60 Å². The van der Waals surface area contributed by atoms with E-state index in [0.29, 0.717) is 5.92 Å². The van der Waals surface area contributed by atoms with Gasteiger partial charge in [0.25, 0.3) is 0 Å². The van der Waals surface area contributed by atoms with Crippen LogP contribution in [-0.2, 0) is 11.8 Å². The fourth-order valence-corrected chi connectivity index (χ4v) is 4.52. The molecule has 3 aromatic rings. The number of benzene rings is 1. The number of carbonyl (C=O) groups excluding carboxylic acids is 1. The molecule has 0 atom stereocenters. The van der Waals surface area contributed by atoms with Gasteiger partial charge in [0.15, 0.2) is 0 Å². The molecule has 29 heavy (non-hydrogen) atoms. The number of ether oxygens (including phenoxy) is 1. The first-order valence-electron chi connectivity index (χ1n) is 10.5. The summed E-state index contributed by atoms with van der Waals surface area (Å²) in [7, 11) is 2.09. The van der Waals surface area contributed by atoms with Crippen LogP contribution in [-0.4, -0.2) is 16.3 Å². The van der Waals surface area contributed by atoms with Crippen LogP contribution in [0.1, 0.15) is 64.4 Å². The molecule has 154 valence electrons. The van der Waals surface area contributed by atoms with E-state index in [2.05, 4.69) is 23.0 Å². The lowest BCUT2D eigenvalue weighted by Gasteiger charge is -2.23. The first-order chi connectivity index (χ1) is 13.8. The molecule has 0 unspecified atom stereocenters. The zero-order chi connectivity index (χ0) is 20.6. The van der Waals surface area contributed by atoms with Crippen LogP contribution in [0.4, 0.5) is 10.5 Å². The van der Waals surface area contributed by atoms with Crippen LogP contribution in [0, 0.1) is 0 Å². The number of nitrogens with zero attached hydrogens (tertiary/aromatic N) is 1. The lowest BCUT2D eigenvalue weighted by atomic mass is 9.82. The number of aryl methyl sites for hydroxylation is 1. The number of hydrogen-bond acceptors (Lipinski definition) is 3. The van der Waals surface area contributed by atoms with E-state index in [1.807, 2.05) is 45.2 Å². The van der Waals surface area contributed by atoms with Crippen LogP contribution in [0.15, 0.2) is 41.2 Å². The Bertz CT molecular complexity index is 1000. The smallest absolute Gasteiger partial charge is 0.412 e. The lowest BCUT2D eigenvalue weighted by molar-refractivity contribution is 0.0636. The maximum absolute atomic E-state index is 12.2. The molecular weight excluding hydrogens is 364 g/mol. The molecule has 0 saturated heterocycles. The summed E-state index contributed by atoms with van der Waals surface area (Å²) in [5, 5.41) is 4.12. The molecule has 1 amide bonds. The van der Waals surface area contributed by atoms with Crippen molar-refractivity contribution >= 4 is 22.7 Å². The molecule has 0 spiro atoms. The number of nitrogens with one attached hydrogen (secondary N) is 1. The van der Waals surface area contributed by atoms with Crippen LogP contribution < -0.4 is 5.32 Å². The topological polar surface area (TPSA) is 56.4 Å². The van der Waals surface area contributed by atoms with Crippen molar-refractivity contribution in [3.05, 3.63) is 42.4 Å². The highest BCUT2D eigenvalue weighted by molar-refractivity contribution is 5.96. The number of rotatable bonds is 3. The van der Waals surface area contributed by atoms with Crippen molar-refractivity contribution in [2.75, 3.05) is 5.32 Å². The lowest BCUT2D eigenvalue weighted by Crippen LogP contribution is -2.27. The number of hydrogen-bond donors (Lipinski definition) is 1. The molecule has 1 aromatic carbocycles. The second-order valence-electron chi connectivity index (χ2n) is 9.03. The standard InChI is InChI=1S/C24H30N2O3/c1-24(2,3)29-23(27)25-18-10-11-19-20(14-18)26(4)22(17-12-13-28-15-17)21(19)16-8-6-5-7-9-16/h10-16H,5-9H2,1-4H3,(H,25,27). The third kappa shape index (κ3) is 4.04. The summed E-state index contributed by atoms with van der Waals surface area (Å²) in [6.07, 6.45) is 9.45. The first-order valence-corrected chi connectivity index (χ1v) is 10.5.